The average Bonchev–Trinajstić information content (AvgIpc) is 3.27. The van der Waals surface area contributed by atoms with E-state index in [1.807, 2.05) is 61.7 Å². The first-order chi connectivity index (χ1) is 13.5. The minimum Gasteiger partial charge on any atom is -0.268 e. The number of hydrogen-bond acceptors (Lipinski definition) is 4. The summed E-state index contributed by atoms with van der Waals surface area (Å²) in [6.07, 6.45) is 0. The molecule has 1 aliphatic heterocycles. The Morgan fingerprint density at radius 2 is 1.68 bits per heavy atom. The topological polar surface area (TPSA) is 37.4 Å². The third-order valence-corrected chi connectivity index (χ3v) is 6.82. The molecule has 1 aromatic heterocycles. The summed E-state index contributed by atoms with van der Waals surface area (Å²) in [5.41, 5.74) is 3.21. The number of amides is 2. The van der Waals surface area contributed by atoms with Gasteiger partial charge in [0.05, 0.1) is 16.2 Å². The predicted molar refractivity (Wildman–Crippen MR) is 117 cm³/mol. The van der Waals surface area contributed by atoms with Crippen LogP contribution in [-0.2, 0) is 9.59 Å². The fourth-order valence-electron chi connectivity index (χ4n) is 2.96. The van der Waals surface area contributed by atoms with Crippen LogP contribution >= 0.6 is 34.7 Å². The summed E-state index contributed by atoms with van der Waals surface area (Å²) in [5, 5.41) is 2.53. The number of imide groups is 1. The van der Waals surface area contributed by atoms with Crippen molar-refractivity contribution in [3.63, 3.8) is 0 Å². The van der Waals surface area contributed by atoms with Gasteiger partial charge in [-0.25, -0.2) is 4.90 Å². The van der Waals surface area contributed by atoms with E-state index in [2.05, 4.69) is 0 Å². The van der Waals surface area contributed by atoms with Crippen LogP contribution in [0.2, 0.25) is 5.02 Å². The van der Waals surface area contributed by atoms with Gasteiger partial charge >= 0.3 is 0 Å². The maximum Gasteiger partial charge on any atom is 0.272 e. The number of benzene rings is 2. The molecule has 0 saturated heterocycles. The van der Waals surface area contributed by atoms with Crippen LogP contribution in [0, 0.1) is 13.8 Å². The molecule has 0 saturated carbocycles. The lowest BCUT2D eigenvalue weighted by atomic mass is 10.1. The number of nitrogens with zero attached hydrogens (tertiary/aromatic N) is 1. The molecule has 2 heterocycles. The molecule has 0 spiro atoms. The molecule has 0 N–H and O–H groups in total. The lowest BCUT2D eigenvalue weighted by Gasteiger charge is -2.16. The number of carbonyl (C=O) groups excluding carboxylic acids is 2. The molecule has 140 valence electrons. The Kier molecular flexibility index (Phi) is 5.15. The Morgan fingerprint density at radius 1 is 0.929 bits per heavy atom. The summed E-state index contributed by atoms with van der Waals surface area (Å²) in [7, 11) is 0. The predicted octanol–water partition coefficient (Wildman–Crippen LogP) is 6.10. The number of anilines is 1. The van der Waals surface area contributed by atoms with Gasteiger partial charge in [0.25, 0.3) is 11.8 Å². The highest BCUT2D eigenvalue weighted by Gasteiger charge is 2.40. The van der Waals surface area contributed by atoms with Crippen LogP contribution in [0.3, 0.4) is 0 Å². The van der Waals surface area contributed by atoms with Crippen molar-refractivity contribution in [3.05, 3.63) is 85.9 Å². The Labute approximate surface area is 176 Å². The number of rotatable bonds is 4. The molecular formula is C22H16ClNO2S2. The molecule has 4 rings (SSSR count). The smallest absolute Gasteiger partial charge is 0.268 e. The summed E-state index contributed by atoms with van der Waals surface area (Å²) in [6, 6.07) is 16.6. The molecular weight excluding hydrogens is 410 g/mol. The molecule has 2 aromatic carbocycles. The summed E-state index contributed by atoms with van der Waals surface area (Å²) in [5.74, 6) is -0.580. The van der Waals surface area contributed by atoms with Crippen molar-refractivity contribution in [2.45, 2.75) is 18.7 Å². The number of halogens is 1. The number of thioether (sulfide) groups is 1. The largest absolute Gasteiger partial charge is 0.272 e. The van der Waals surface area contributed by atoms with E-state index < -0.39 is 0 Å². The molecule has 3 nitrogen and oxygen atoms in total. The Hall–Kier alpha value is -2.34. The van der Waals surface area contributed by atoms with Gasteiger partial charge in [0.2, 0.25) is 0 Å². The molecule has 28 heavy (non-hydrogen) atoms. The van der Waals surface area contributed by atoms with Crippen molar-refractivity contribution in [1.82, 2.24) is 0 Å². The van der Waals surface area contributed by atoms with E-state index in [0.29, 0.717) is 21.2 Å². The lowest BCUT2D eigenvalue weighted by Crippen LogP contribution is -2.31. The third kappa shape index (κ3) is 3.41. The Balaban J connectivity index is 1.79. The quantitative estimate of drug-likeness (QED) is 0.474. The number of hydrogen-bond donors (Lipinski definition) is 0. The second kappa shape index (κ2) is 7.59. The number of aryl methyl sites for hydroxylation is 2. The monoisotopic (exact) mass is 425 g/mol. The van der Waals surface area contributed by atoms with Crippen molar-refractivity contribution < 1.29 is 9.59 Å². The van der Waals surface area contributed by atoms with Crippen molar-refractivity contribution in [1.29, 1.82) is 0 Å². The molecule has 0 atom stereocenters. The van der Waals surface area contributed by atoms with Crippen molar-refractivity contribution in [3.8, 4) is 0 Å². The highest BCUT2D eigenvalue weighted by molar-refractivity contribution is 8.04. The van der Waals surface area contributed by atoms with E-state index >= 15 is 0 Å². The first-order valence-electron chi connectivity index (χ1n) is 8.63. The molecule has 0 radical (unpaired) electrons. The number of carbonyl (C=O) groups is 2. The second-order valence-corrected chi connectivity index (χ2v) is 8.92. The van der Waals surface area contributed by atoms with Crippen LogP contribution in [-0.4, -0.2) is 11.8 Å². The summed E-state index contributed by atoms with van der Waals surface area (Å²) in [6.45, 7) is 3.98. The van der Waals surface area contributed by atoms with E-state index in [1.54, 1.807) is 12.1 Å². The molecule has 6 heteroatoms. The highest BCUT2D eigenvalue weighted by Crippen LogP contribution is 2.42. The zero-order chi connectivity index (χ0) is 19.8. The normalized spacial score (nSPS) is 14.3. The van der Waals surface area contributed by atoms with Crippen LogP contribution < -0.4 is 4.90 Å². The minimum atomic E-state index is -0.295. The molecule has 1 aliphatic rings. The standard InChI is InChI=1S/C22H16ClNO2S2/c1-13-5-8-16(12-14(13)2)24-21(25)19(18-4-3-11-27-18)20(22(24)26)28-17-9-6-15(23)7-10-17/h3-12H,1-2H3. The van der Waals surface area contributed by atoms with Gasteiger partial charge in [0, 0.05) is 14.8 Å². The lowest BCUT2D eigenvalue weighted by molar-refractivity contribution is -0.119. The Morgan fingerprint density at radius 3 is 2.32 bits per heavy atom. The van der Waals surface area contributed by atoms with Gasteiger partial charge in [0.1, 0.15) is 0 Å². The van der Waals surface area contributed by atoms with E-state index in [1.165, 1.54) is 28.0 Å². The summed E-state index contributed by atoms with van der Waals surface area (Å²) >= 11 is 8.72. The highest BCUT2D eigenvalue weighted by atomic mass is 35.5. The van der Waals surface area contributed by atoms with Crippen LogP contribution in [0.5, 0.6) is 0 Å². The van der Waals surface area contributed by atoms with E-state index in [-0.39, 0.29) is 11.8 Å². The van der Waals surface area contributed by atoms with Crippen LogP contribution in [0.1, 0.15) is 16.0 Å². The summed E-state index contributed by atoms with van der Waals surface area (Å²) in [4.78, 5) is 29.9. The van der Waals surface area contributed by atoms with Gasteiger partial charge in [-0.2, -0.15) is 0 Å². The average molecular weight is 426 g/mol. The van der Waals surface area contributed by atoms with Crippen LogP contribution in [0.15, 0.2) is 69.8 Å². The maximum absolute atomic E-state index is 13.3. The SMILES string of the molecule is Cc1ccc(N2C(=O)C(Sc3ccc(Cl)cc3)=C(c3cccs3)C2=O)cc1C. The van der Waals surface area contributed by atoms with Gasteiger partial charge < -0.3 is 0 Å². The van der Waals surface area contributed by atoms with E-state index in [0.717, 1.165) is 20.9 Å². The van der Waals surface area contributed by atoms with Gasteiger partial charge in [-0.3, -0.25) is 9.59 Å². The van der Waals surface area contributed by atoms with Gasteiger partial charge in [-0.05, 0) is 72.8 Å². The van der Waals surface area contributed by atoms with Gasteiger partial charge in [0.15, 0.2) is 0 Å². The first-order valence-corrected chi connectivity index (χ1v) is 10.7. The van der Waals surface area contributed by atoms with Gasteiger partial charge in [-0.1, -0.05) is 35.5 Å². The molecule has 0 bridgehead atoms. The second-order valence-electron chi connectivity index (χ2n) is 6.45. The maximum atomic E-state index is 13.3. The molecule has 0 fully saturated rings. The molecule has 0 aliphatic carbocycles. The van der Waals surface area contributed by atoms with Crippen molar-refractivity contribution >= 4 is 57.8 Å². The fourth-order valence-corrected chi connectivity index (χ4v) is 4.91. The summed E-state index contributed by atoms with van der Waals surface area (Å²) < 4.78 is 0. The van der Waals surface area contributed by atoms with Crippen molar-refractivity contribution in [2.24, 2.45) is 0 Å². The van der Waals surface area contributed by atoms with Gasteiger partial charge in [-0.15, -0.1) is 11.3 Å². The third-order valence-electron chi connectivity index (χ3n) is 4.59. The van der Waals surface area contributed by atoms with Crippen LogP contribution in [0.4, 0.5) is 5.69 Å². The van der Waals surface area contributed by atoms with Crippen molar-refractivity contribution in [2.75, 3.05) is 4.90 Å². The van der Waals surface area contributed by atoms with E-state index in [4.69, 9.17) is 11.6 Å². The molecule has 0 unspecified atom stereocenters. The number of thiophene rings is 1. The fraction of sp³-hybridized carbons (Fsp3) is 0.0909. The minimum absolute atomic E-state index is 0.285. The molecule has 2 amide bonds. The Bertz CT molecular complexity index is 1100. The molecule has 3 aromatic rings. The van der Waals surface area contributed by atoms with E-state index in [9.17, 15) is 9.59 Å². The first kappa shape index (κ1) is 19.0. The van der Waals surface area contributed by atoms with Crippen LogP contribution in [0.25, 0.3) is 5.57 Å². The zero-order valence-corrected chi connectivity index (χ0v) is 17.6. The zero-order valence-electron chi connectivity index (χ0n) is 15.2.